The van der Waals surface area contributed by atoms with Crippen molar-refractivity contribution in [2.45, 2.75) is 6.54 Å². The number of hydrogen-bond acceptors (Lipinski definition) is 4. The molecule has 5 heteroatoms. The summed E-state index contributed by atoms with van der Waals surface area (Å²) >= 11 is 5.05. The van der Waals surface area contributed by atoms with Gasteiger partial charge in [-0.1, -0.05) is 15.9 Å². The molecular formula is C12H9BrN2OS. The van der Waals surface area contributed by atoms with Crippen molar-refractivity contribution in [1.29, 1.82) is 0 Å². The maximum Gasteiger partial charge on any atom is 0.163 e. The van der Waals surface area contributed by atoms with Gasteiger partial charge in [0, 0.05) is 4.47 Å². The molecule has 0 saturated heterocycles. The van der Waals surface area contributed by atoms with Gasteiger partial charge in [0.15, 0.2) is 10.8 Å². The Hall–Kier alpha value is -1.17. The summed E-state index contributed by atoms with van der Waals surface area (Å²) in [6, 6.07) is 9.86. The van der Waals surface area contributed by atoms with Gasteiger partial charge < -0.3 is 10.2 Å². The molecule has 1 aromatic carbocycles. The number of hydrogen-bond donors (Lipinski definition) is 1. The second-order valence-corrected chi connectivity index (χ2v) is 5.55. The monoisotopic (exact) mass is 308 g/mol. The van der Waals surface area contributed by atoms with Crippen LogP contribution in [0.4, 0.5) is 0 Å². The molecule has 2 N–H and O–H groups in total. The average Bonchev–Trinajstić information content (AvgIpc) is 2.93. The van der Waals surface area contributed by atoms with Crippen LogP contribution in [0.2, 0.25) is 0 Å². The first-order chi connectivity index (χ1) is 8.26. The van der Waals surface area contributed by atoms with E-state index >= 15 is 0 Å². The van der Waals surface area contributed by atoms with E-state index in [9.17, 15) is 0 Å². The van der Waals surface area contributed by atoms with Crippen LogP contribution in [0.5, 0.6) is 0 Å². The lowest BCUT2D eigenvalue weighted by atomic mass is 10.3. The smallest absolute Gasteiger partial charge is 0.163 e. The number of benzene rings is 1. The van der Waals surface area contributed by atoms with Gasteiger partial charge in [0.1, 0.15) is 5.76 Å². The van der Waals surface area contributed by atoms with Crippen LogP contribution in [0.15, 0.2) is 39.2 Å². The summed E-state index contributed by atoms with van der Waals surface area (Å²) in [7, 11) is 0. The fourth-order valence-electron chi connectivity index (χ4n) is 1.61. The highest BCUT2D eigenvalue weighted by molar-refractivity contribution is 9.10. The minimum absolute atomic E-state index is 0.413. The SMILES string of the molecule is NCc1ccc(-c2nc3cc(Br)ccc3s2)o1. The van der Waals surface area contributed by atoms with E-state index in [1.807, 2.05) is 30.3 Å². The molecule has 0 bridgehead atoms. The van der Waals surface area contributed by atoms with Gasteiger partial charge in [-0.25, -0.2) is 4.98 Å². The van der Waals surface area contributed by atoms with Crippen LogP contribution < -0.4 is 5.73 Å². The Morgan fingerprint density at radius 2 is 2.18 bits per heavy atom. The highest BCUT2D eigenvalue weighted by Crippen LogP contribution is 2.32. The molecule has 0 aliphatic carbocycles. The zero-order chi connectivity index (χ0) is 11.8. The molecule has 0 unspecified atom stereocenters. The number of nitrogens with two attached hydrogens (primary N) is 1. The van der Waals surface area contributed by atoms with Crippen molar-refractivity contribution >= 4 is 37.5 Å². The van der Waals surface area contributed by atoms with E-state index in [1.54, 1.807) is 11.3 Å². The molecule has 0 amide bonds. The van der Waals surface area contributed by atoms with Gasteiger partial charge in [-0.05, 0) is 30.3 Å². The van der Waals surface area contributed by atoms with Crippen molar-refractivity contribution in [2.75, 3.05) is 0 Å². The highest BCUT2D eigenvalue weighted by atomic mass is 79.9. The van der Waals surface area contributed by atoms with Gasteiger partial charge in [-0.2, -0.15) is 0 Å². The zero-order valence-electron chi connectivity index (χ0n) is 8.81. The Balaban J connectivity index is 2.11. The van der Waals surface area contributed by atoms with Crippen molar-refractivity contribution in [3.8, 4) is 10.8 Å². The van der Waals surface area contributed by atoms with Gasteiger partial charge in [0.25, 0.3) is 0 Å². The molecule has 17 heavy (non-hydrogen) atoms. The van der Waals surface area contributed by atoms with E-state index in [1.165, 1.54) is 0 Å². The minimum atomic E-state index is 0.413. The largest absolute Gasteiger partial charge is 0.457 e. The summed E-state index contributed by atoms with van der Waals surface area (Å²) in [5.41, 5.74) is 6.50. The normalized spacial score (nSPS) is 11.2. The third kappa shape index (κ3) is 2.01. The molecule has 0 spiro atoms. The van der Waals surface area contributed by atoms with Gasteiger partial charge in [0.05, 0.1) is 16.8 Å². The minimum Gasteiger partial charge on any atom is -0.457 e. The second kappa shape index (κ2) is 4.25. The Kier molecular flexibility index (Phi) is 2.74. The van der Waals surface area contributed by atoms with Crippen LogP contribution in [0.25, 0.3) is 21.0 Å². The van der Waals surface area contributed by atoms with E-state index < -0.39 is 0 Å². The van der Waals surface area contributed by atoms with Crippen LogP contribution in [-0.2, 0) is 6.54 Å². The third-order valence-corrected chi connectivity index (χ3v) is 3.97. The molecule has 0 saturated carbocycles. The molecule has 0 fully saturated rings. The van der Waals surface area contributed by atoms with Crippen molar-refractivity contribution in [3.05, 3.63) is 40.6 Å². The van der Waals surface area contributed by atoms with Crippen molar-refractivity contribution in [3.63, 3.8) is 0 Å². The van der Waals surface area contributed by atoms with Gasteiger partial charge in [-0.3, -0.25) is 0 Å². The topological polar surface area (TPSA) is 52.0 Å². The Bertz CT molecular complexity index is 674. The molecule has 0 atom stereocenters. The van der Waals surface area contributed by atoms with Crippen LogP contribution in [0, 0.1) is 0 Å². The van der Waals surface area contributed by atoms with Crippen molar-refractivity contribution in [2.24, 2.45) is 5.73 Å². The van der Waals surface area contributed by atoms with Crippen LogP contribution in [0.3, 0.4) is 0 Å². The summed E-state index contributed by atoms with van der Waals surface area (Å²) in [5.74, 6) is 1.56. The number of furan rings is 1. The summed E-state index contributed by atoms with van der Waals surface area (Å²) in [4.78, 5) is 4.55. The number of nitrogens with zero attached hydrogens (tertiary/aromatic N) is 1. The Labute approximate surface area is 110 Å². The van der Waals surface area contributed by atoms with E-state index in [0.717, 1.165) is 31.2 Å². The first-order valence-corrected chi connectivity index (χ1v) is 6.72. The number of thiazole rings is 1. The summed E-state index contributed by atoms with van der Waals surface area (Å²) in [5, 5.41) is 0.887. The first-order valence-electron chi connectivity index (χ1n) is 5.11. The van der Waals surface area contributed by atoms with Crippen LogP contribution >= 0.6 is 27.3 Å². The maximum atomic E-state index is 5.59. The fraction of sp³-hybridized carbons (Fsp3) is 0.0833. The molecule has 0 aliphatic rings. The first kappa shape index (κ1) is 11.0. The molecule has 2 aromatic heterocycles. The Morgan fingerprint density at radius 1 is 1.29 bits per heavy atom. The highest BCUT2D eigenvalue weighted by Gasteiger charge is 2.10. The predicted molar refractivity (Wildman–Crippen MR) is 72.9 cm³/mol. The molecule has 3 aromatic rings. The molecule has 3 rings (SSSR count). The Morgan fingerprint density at radius 3 is 2.94 bits per heavy atom. The van der Waals surface area contributed by atoms with Crippen LogP contribution in [0.1, 0.15) is 5.76 Å². The molecule has 3 nitrogen and oxygen atoms in total. The lowest BCUT2D eigenvalue weighted by molar-refractivity contribution is 0.525. The number of halogens is 1. The van der Waals surface area contributed by atoms with E-state index in [2.05, 4.69) is 20.9 Å². The number of aromatic nitrogens is 1. The maximum absolute atomic E-state index is 5.59. The number of fused-ring (bicyclic) bond motifs is 1. The van der Waals surface area contributed by atoms with Crippen molar-refractivity contribution in [1.82, 2.24) is 4.98 Å². The van der Waals surface area contributed by atoms with Gasteiger partial charge in [-0.15, -0.1) is 11.3 Å². The van der Waals surface area contributed by atoms with E-state index in [4.69, 9.17) is 10.2 Å². The predicted octanol–water partition coefficient (Wildman–Crippen LogP) is 3.78. The molecule has 0 radical (unpaired) electrons. The molecule has 0 aliphatic heterocycles. The zero-order valence-corrected chi connectivity index (χ0v) is 11.2. The molecular weight excluding hydrogens is 300 g/mol. The van der Waals surface area contributed by atoms with Gasteiger partial charge >= 0.3 is 0 Å². The summed E-state index contributed by atoms with van der Waals surface area (Å²) < 4.78 is 7.77. The summed E-state index contributed by atoms with van der Waals surface area (Å²) in [6.45, 7) is 0.413. The fourth-order valence-corrected chi connectivity index (χ4v) is 2.87. The van der Waals surface area contributed by atoms with Gasteiger partial charge in [0.2, 0.25) is 0 Å². The lowest BCUT2D eigenvalue weighted by Crippen LogP contribution is -1.92. The average molecular weight is 309 g/mol. The standard InChI is InChI=1S/C12H9BrN2OS/c13-7-1-4-11-9(5-7)15-12(17-11)10-3-2-8(6-14)16-10/h1-5H,6,14H2. The van der Waals surface area contributed by atoms with E-state index in [0.29, 0.717) is 6.54 Å². The van der Waals surface area contributed by atoms with Crippen LogP contribution in [-0.4, -0.2) is 4.98 Å². The third-order valence-electron chi connectivity index (χ3n) is 2.42. The summed E-state index contributed by atoms with van der Waals surface area (Å²) in [6.07, 6.45) is 0. The molecule has 86 valence electrons. The number of rotatable bonds is 2. The van der Waals surface area contributed by atoms with Crippen molar-refractivity contribution < 1.29 is 4.42 Å². The van der Waals surface area contributed by atoms with E-state index in [-0.39, 0.29) is 0 Å². The molecule has 2 heterocycles. The second-order valence-electron chi connectivity index (χ2n) is 3.60. The quantitative estimate of drug-likeness (QED) is 0.784. The lowest BCUT2D eigenvalue weighted by Gasteiger charge is -1.88.